The molecule has 0 bridgehead atoms. The molecule has 8 heteroatoms. The van der Waals surface area contributed by atoms with Gasteiger partial charge in [0.1, 0.15) is 17.0 Å². The second-order valence-electron chi connectivity index (χ2n) is 6.38. The van der Waals surface area contributed by atoms with Crippen LogP contribution >= 0.6 is 22.9 Å². The van der Waals surface area contributed by atoms with Crippen LogP contribution in [0, 0.1) is 0 Å². The lowest BCUT2D eigenvalue weighted by molar-refractivity contribution is -0.133. The third-order valence-corrected chi connectivity index (χ3v) is 5.74. The van der Waals surface area contributed by atoms with Crippen molar-refractivity contribution < 1.29 is 9.53 Å². The van der Waals surface area contributed by atoms with Gasteiger partial charge in [0.2, 0.25) is 5.91 Å². The topological polar surface area (TPSA) is 58.6 Å². The van der Waals surface area contributed by atoms with Crippen molar-refractivity contribution in [2.24, 2.45) is 0 Å². The number of aromatic nitrogens is 2. The van der Waals surface area contributed by atoms with Crippen molar-refractivity contribution in [2.45, 2.75) is 0 Å². The molecular formula is C19H19ClN4O2S. The van der Waals surface area contributed by atoms with Crippen LogP contribution in [0.15, 0.2) is 36.0 Å². The Kier molecular flexibility index (Phi) is 5.24. The number of carbonyl (C=O) groups excluding carboxylic acids is 1. The highest BCUT2D eigenvalue weighted by atomic mass is 35.5. The predicted molar refractivity (Wildman–Crippen MR) is 109 cm³/mol. The minimum absolute atomic E-state index is 0.0795. The summed E-state index contributed by atoms with van der Waals surface area (Å²) in [5.74, 6) is 0.837. The van der Waals surface area contributed by atoms with E-state index in [0.29, 0.717) is 31.3 Å². The number of likely N-dealkylation sites (N-methyl/N-ethyl adjacent to an activating group) is 1. The molecule has 1 amide bonds. The third-order valence-electron chi connectivity index (χ3n) is 4.60. The van der Waals surface area contributed by atoms with Gasteiger partial charge < -0.3 is 14.5 Å². The molecule has 2 aromatic heterocycles. The van der Waals surface area contributed by atoms with Crippen LogP contribution in [0.5, 0.6) is 0 Å². The highest BCUT2D eigenvalue weighted by Gasteiger charge is 2.21. The maximum absolute atomic E-state index is 12.6. The van der Waals surface area contributed by atoms with Gasteiger partial charge in [-0.05, 0) is 17.7 Å². The number of anilines is 1. The zero-order chi connectivity index (χ0) is 18.8. The van der Waals surface area contributed by atoms with Crippen LogP contribution in [-0.4, -0.2) is 60.7 Å². The number of hydrogen-bond acceptors (Lipinski definition) is 6. The molecular weight excluding hydrogens is 384 g/mol. The van der Waals surface area contributed by atoms with Gasteiger partial charge in [-0.15, -0.1) is 11.3 Å². The number of benzene rings is 1. The molecule has 0 unspecified atom stereocenters. The van der Waals surface area contributed by atoms with Gasteiger partial charge in [-0.1, -0.05) is 23.7 Å². The van der Waals surface area contributed by atoms with Gasteiger partial charge in [0.25, 0.3) is 0 Å². The lowest BCUT2D eigenvalue weighted by Gasteiger charge is -2.29. The first-order valence-electron chi connectivity index (χ1n) is 8.68. The SMILES string of the molecule is CN(CC(=O)N1CCOCC1)c1ncnc2scc(-c3ccc(Cl)cc3)c12. The van der Waals surface area contributed by atoms with E-state index in [0.717, 1.165) is 27.2 Å². The minimum atomic E-state index is 0.0795. The number of halogens is 1. The zero-order valence-electron chi connectivity index (χ0n) is 14.9. The van der Waals surface area contributed by atoms with Crippen LogP contribution in [-0.2, 0) is 9.53 Å². The summed E-state index contributed by atoms with van der Waals surface area (Å²) in [6.07, 6.45) is 1.55. The van der Waals surface area contributed by atoms with E-state index in [4.69, 9.17) is 16.3 Å². The fourth-order valence-corrected chi connectivity index (χ4v) is 4.22. The molecule has 3 heterocycles. The van der Waals surface area contributed by atoms with Crippen molar-refractivity contribution in [3.63, 3.8) is 0 Å². The summed E-state index contributed by atoms with van der Waals surface area (Å²) in [7, 11) is 1.89. The number of hydrogen-bond donors (Lipinski definition) is 0. The van der Waals surface area contributed by atoms with Crippen LogP contribution in [0.2, 0.25) is 5.02 Å². The number of rotatable bonds is 4. The van der Waals surface area contributed by atoms with E-state index in [1.807, 2.05) is 41.1 Å². The fraction of sp³-hybridized carbons (Fsp3) is 0.316. The van der Waals surface area contributed by atoms with Gasteiger partial charge >= 0.3 is 0 Å². The summed E-state index contributed by atoms with van der Waals surface area (Å²) < 4.78 is 5.32. The Bertz CT molecular complexity index is 954. The molecule has 0 N–H and O–H groups in total. The maximum atomic E-state index is 12.6. The van der Waals surface area contributed by atoms with Crippen molar-refractivity contribution in [1.29, 1.82) is 0 Å². The van der Waals surface area contributed by atoms with Crippen molar-refractivity contribution in [2.75, 3.05) is 44.8 Å². The molecule has 4 rings (SSSR count). The van der Waals surface area contributed by atoms with Gasteiger partial charge in [-0.3, -0.25) is 4.79 Å². The summed E-state index contributed by atoms with van der Waals surface area (Å²) in [6.45, 7) is 2.74. The molecule has 0 radical (unpaired) electrons. The van der Waals surface area contributed by atoms with E-state index in [1.165, 1.54) is 0 Å². The van der Waals surface area contributed by atoms with Crippen molar-refractivity contribution >= 4 is 44.9 Å². The summed E-state index contributed by atoms with van der Waals surface area (Å²) >= 11 is 7.59. The standard InChI is InChI=1S/C19H19ClN4O2S/c1-23(10-16(25)24-6-8-26-9-7-24)18-17-15(11-27-19(17)22-12-21-18)13-2-4-14(20)5-3-13/h2-5,11-12H,6-10H2,1H3. The second kappa shape index (κ2) is 7.80. The van der Waals surface area contributed by atoms with Crippen molar-refractivity contribution in [1.82, 2.24) is 14.9 Å². The zero-order valence-corrected chi connectivity index (χ0v) is 16.5. The summed E-state index contributed by atoms with van der Waals surface area (Å²) in [5, 5.41) is 3.73. The lowest BCUT2D eigenvalue weighted by Crippen LogP contribution is -2.45. The number of morpholine rings is 1. The Morgan fingerprint density at radius 2 is 2.00 bits per heavy atom. The Balaban J connectivity index is 1.65. The van der Waals surface area contributed by atoms with Crippen LogP contribution in [0.25, 0.3) is 21.3 Å². The number of thiophene rings is 1. The fourth-order valence-electron chi connectivity index (χ4n) is 3.18. The summed E-state index contributed by atoms with van der Waals surface area (Å²) in [5.41, 5.74) is 2.10. The molecule has 1 saturated heterocycles. The van der Waals surface area contributed by atoms with E-state index in [-0.39, 0.29) is 12.5 Å². The number of fused-ring (bicyclic) bond motifs is 1. The van der Waals surface area contributed by atoms with Crippen LogP contribution in [0.1, 0.15) is 0 Å². The number of nitrogens with zero attached hydrogens (tertiary/aromatic N) is 4. The summed E-state index contributed by atoms with van der Waals surface area (Å²) in [6, 6.07) is 7.71. The Morgan fingerprint density at radius 1 is 1.26 bits per heavy atom. The molecule has 0 saturated carbocycles. The first-order valence-corrected chi connectivity index (χ1v) is 9.94. The van der Waals surface area contributed by atoms with Crippen LogP contribution in [0.3, 0.4) is 0 Å². The number of amides is 1. The van der Waals surface area contributed by atoms with E-state index >= 15 is 0 Å². The molecule has 0 atom stereocenters. The average Bonchev–Trinajstić information content (AvgIpc) is 3.13. The van der Waals surface area contributed by atoms with Gasteiger partial charge in [-0.2, -0.15) is 0 Å². The molecule has 1 aliphatic rings. The Hall–Kier alpha value is -2.22. The predicted octanol–water partition coefficient (Wildman–Crippen LogP) is 3.31. The lowest BCUT2D eigenvalue weighted by atomic mass is 10.1. The highest BCUT2D eigenvalue weighted by molar-refractivity contribution is 7.17. The first kappa shape index (κ1) is 18.2. The number of carbonyl (C=O) groups is 1. The van der Waals surface area contributed by atoms with Crippen molar-refractivity contribution in [3.05, 3.63) is 41.0 Å². The summed E-state index contributed by atoms with van der Waals surface area (Å²) in [4.78, 5) is 26.1. The third kappa shape index (κ3) is 3.76. The molecule has 1 aliphatic heterocycles. The minimum Gasteiger partial charge on any atom is -0.378 e. The largest absolute Gasteiger partial charge is 0.378 e. The molecule has 1 aromatic carbocycles. The van der Waals surface area contributed by atoms with E-state index in [2.05, 4.69) is 15.3 Å². The average molecular weight is 403 g/mol. The van der Waals surface area contributed by atoms with Gasteiger partial charge in [0.15, 0.2) is 0 Å². The molecule has 3 aromatic rings. The molecule has 6 nitrogen and oxygen atoms in total. The van der Waals surface area contributed by atoms with Crippen LogP contribution < -0.4 is 4.90 Å². The Morgan fingerprint density at radius 3 is 2.74 bits per heavy atom. The monoisotopic (exact) mass is 402 g/mol. The van der Waals surface area contributed by atoms with E-state index in [1.54, 1.807) is 17.7 Å². The quantitative estimate of drug-likeness (QED) is 0.670. The van der Waals surface area contributed by atoms with Gasteiger partial charge in [0.05, 0.1) is 25.1 Å². The molecule has 0 aliphatic carbocycles. The maximum Gasteiger partial charge on any atom is 0.242 e. The first-order chi connectivity index (χ1) is 13.1. The molecule has 140 valence electrons. The highest BCUT2D eigenvalue weighted by Crippen LogP contribution is 2.37. The molecule has 1 fully saturated rings. The van der Waals surface area contributed by atoms with Gasteiger partial charge in [-0.25, -0.2) is 9.97 Å². The molecule has 0 spiro atoms. The van der Waals surface area contributed by atoms with E-state index < -0.39 is 0 Å². The normalized spacial score (nSPS) is 14.5. The van der Waals surface area contributed by atoms with Crippen molar-refractivity contribution in [3.8, 4) is 11.1 Å². The number of ether oxygens (including phenoxy) is 1. The van der Waals surface area contributed by atoms with E-state index in [9.17, 15) is 4.79 Å². The van der Waals surface area contributed by atoms with Crippen LogP contribution in [0.4, 0.5) is 5.82 Å². The van der Waals surface area contributed by atoms with Gasteiger partial charge in [0, 0.05) is 36.1 Å². The Labute approximate surface area is 166 Å². The second-order valence-corrected chi connectivity index (χ2v) is 7.68. The smallest absolute Gasteiger partial charge is 0.242 e. The molecule has 27 heavy (non-hydrogen) atoms.